The topological polar surface area (TPSA) is 22.1 Å². The highest BCUT2D eigenvalue weighted by atomic mass is 35.5. The molecule has 0 aliphatic heterocycles. The summed E-state index contributed by atoms with van der Waals surface area (Å²) in [5.41, 5.74) is 3.23. The maximum Gasteiger partial charge on any atom is 0.122 e. The van der Waals surface area contributed by atoms with Crippen LogP contribution in [0.2, 0.25) is 0 Å². The Bertz CT molecular complexity index is 735. The number of fused-ring (bicyclic) bond motifs is 1. The van der Waals surface area contributed by atoms with Crippen LogP contribution in [0, 0.1) is 6.92 Å². The lowest BCUT2D eigenvalue weighted by Crippen LogP contribution is -1.97. The van der Waals surface area contributed by atoms with E-state index in [9.17, 15) is 0 Å². The van der Waals surface area contributed by atoms with E-state index in [4.69, 9.17) is 16.3 Å². The number of alkyl halides is 1. The number of aryl methyl sites for hydroxylation is 1. The van der Waals surface area contributed by atoms with Gasteiger partial charge in [-0.1, -0.05) is 24.3 Å². The molecule has 0 saturated carbocycles. The molecule has 0 aliphatic carbocycles. The predicted molar refractivity (Wildman–Crippen MR) is 89.6 cm³/mol. The number of methoxy groups -OCH3 is 1. The minimum Gasteiger partial charge on any atom is -0.496 e. The van der Waals surface area contributed by atoms with E-state index in [0.29, 0.717) is 0 Å². The first-order valence-corrected chi connectivity index (χ1v) is 8.05. The molecule has 0 radical (unpaired) electrons. The Kier molecular flexibility index (Phi) is 4.13. The fourth-order valence-electron chi connectivity index (χ4n) is 2.31. The average molecular weight is 318 g/mol. The fraction of sp³-hybridized carbons (Fsp3) is 0.235. The van der Waals surface area contributed by atoms with Crippen LogP contribution in [0.4, 0.5) is 0 Å². The number of hydrogen-bond donors (Lipinski definition) is 0. The molecule has 3 rings (SSSR count). The second-order valence-electron chi connectivity index (χ2n) is 4.98. The van der Waals surface area contributed by atoms with Gasteiger partial charge in [0.05, 0.1) is 27.7 Å². The summed E-state index contributed by atoms with van der Waals surface area (Å²) < 4.78 is 6.57. The molecule has 1 heterocycles. The molecule has 0 amide bonds. The van der Waals surface area contributed by atoms with Crippen LogP contribution >= 0.6 is 22.9 Å². The molecule has 0 N–H and O–H groups in total. The largest absolute Gasteiger partial charge is 0.496 e. The summed E-state index contributed by atoms with van der Waals surface area (Å²) in [6, 6.07) is 14.3. The summed E-state index contributed by atoms with van der Waals surface area (Å²) in [5, 5.41) is 0.968. The van der Waals surface area contributed by atoms with Gasteiger partial charge >= 0.3 is 0 Å². The highest BCUT2D eigenvalue weighted by molar-refractivity contribution is 7.18. The van der Waals surface area contributed by atoms with E-state index < -0.39 is 0 Å². The summed E-state index contributed by atoms with van der Waals surface area (Å²) in [4.78, 5) is 4.64. The minimum absolute atomic E-state index is 0.0972. The Morgan fingerprint density at radius 1 is 1.24 bits per heavy atom. The van der Waals surface area contributed by atoms with Gasteiger partial charge in [-0.3, -0.25) is 0 Å². The highest BCUT2D eigenvalue weighted by Crippen LogP contribution is 2.32. The van der Waals surface area contributed by atoms with Crippen LogP contribution in [0.1, 0.15) is 21.5 Å². The van der Waals surface area contributed by atoms with Crippen molar-refractivity contribution in [3.05, 3.63) is 58.6 Å². The van der Waals surface area contributed by atoms with Crippen LogP contribution in [-0.4, -0.2) is 12.1 Å². The molecule has 1 atom stereocenters. The molecule has 2 aromatic carbocycles. The highest BCUT2D eigenvalue weighted by Gasteiger charge is 2.14. The Morgan fingerprint density at radius 2 is 2.05 bits per heavy atom. The molecular weight excluding hydrogens is 302 g/mol. The number of thiazole rings is 1. The molecule has 0 bridgehead atoms. The number of rotatable bonds is 4. The van der Waals surface area contributed by atoms with Gasteiger partial charge in [0.1, 0.15) is 5.75 Å². The van der Waals surface area contributed by atoms with Crippen molar-refractivity contribution in [1.82, 2.24) is 4.98 Å². The molecule has 0 aliphatic rings. The van der Waals surface area contributed by atoms with Gasteiger partial charge in [0.25, 0.3) is 0 Å². The Morgan fingerprint density at radius 3 is 2.81 bits per heavy atom. The van der Waals surface area contributed by atoms with Gasteiger partial charge in [-0.2, -0.15) is 0 Å². The Balaban J connectivity index is 1.83. The van der Waals surface area contributed by atoms with Crippen LogP contribution in [0.15, 0.2) is 42.5 Å². The molecule has 0 saturated heterocycles. The van der Waals surface area contributed by atoms with Crippen molar-refractivity contribution in [2.24, 2.45) is 0 Å². The predicted octanol–water partition coefficient (Wildman–Crippen LogP) is 5.14. The zero-order chi connectivity index (χ0) is 14.8. The molecular formula is C17H16ClNOS. The first-order valence-electron chi connectivity index (χ1n) is 6.80. The van der Waals surface area contributed by atoms with Crippen LogP contribution in [-0.2, 0) is 6.42 Å². The first kappa shape index (κ1) is 14.4. The average Bonchev–Trinajstić information content (AvgIpc) is 2.89. The standard InChI is InChI=1S/C17H16ClNOS/c1-11-7-8-12(9-15(11)20-2)13(18)10-17-19-14-5-3-4-6-16(14)21-17/h3-9,13H,10H2,1-2H3. The van der Waals surface area contributed by atoms with Gasteiger partial charge < -0.3 is 4.74 Å². The Labute approximate surface area is 133 Å². The van der Waals surface area contributed by atoms with E-state index >= 15 is 0 Å². The van der Waals surface area contributed by atoms with Crippen LogP contribution < -0.4 is 4.74 Å². The van der Waals surface area contributed by atoms with Crippen molar-refractivity contribution in [3.8, 4) is 5.75 Å². The van der Waals surface area contributed by atoms with Crippen molar-refractivity contribution >= 4 is 33.2 Å². The van der Waals surface area contributed by atoms with E-state index in [1.54, 1.807) is 18.4 Å². The van der Waals surface area contributed by atoms with E-state index in [1.807, 2.05) is 37.3 Å². The zero-order valence-electron chi connectivity index (χ0n) is 12.0. The van der Waals surface area contributed by atoms with Crippen LogP contribution in [0.25, 0.3) is 10.2 Å². The van der Waals surface area contributed by atoms with Gasteiger partial charge in [-0.15, -0.1) is 22.9 Å². The maximum atomic E-state index is 6.56. The number of aromatic nitrogens is 1. The van der Waals surface area contributed by atoms with Crippen molar-refractivity contribution in [3.63, 3.8) is 0 Å². The SMILES string of the molecule is COc1cc(C(Cl)Cc2nc3ccccc3s2)ccc1C. The lowest BCUT2D eigenvalue weighted by molar-refractivity contribution is 0.411. The molecule has 4 heteroatoms. The molecule has 21 heavy (non-hydrogen) atoms. The summed E-state index contributed by atoms with van der Waals surface area (Å²) in [5.74, 6) is 0.877. The van der Waals surface area contributed by atoms with E-state index in [2.05, 4.69) is 17.1 Å². The number of para-hydroxylation sites is 1. The first-order chi connectivity index (χ1) is 10.2. The van der Waals surface area contributed by atoms with Gasteiger partial charge in [-0.25, -0.2) is 4.98 Å². The van der Waals surface area contributed by atoms with Gasteiger partial charge in [0, 0.05) is 6.42 Å². The van der Waals surface area contributed by atoms with Crippen molar-refractivity contribution in [2.45, 2.75) is 18.7 Å². The lowest BCUT2D eigenvalue weighted by Gasteiger charge is -2.11. The van der Waals surface area contributed by atoms with Crippen molar-refractivity contribution < 1.29 is 4.74 Å². The lowest BCUT2D eigenvalue weighted by atomic mass is 10.1. The van der Waals surface area contributed by atoms with E-state index in [1.165, 1.54) is 4.70 Å². The smallest absolute Gasteiger partial charge is 0.122 e. The number of nitrogens with zero attached hydrogens (tertiary/aromatic N) is 1. The summed E-state index contributed by atoms with van der Waals surface area (Å²) in [6.45, 7) is 2.03. The van der Waals surface area contributed by atoms with Crippen LogP contribution in [0.3, 0.4) is 0 Å². The fourth-order valence-corrected chi connectivity index (χ4v) is 3.70. The molecule has 0 fully saturated rings. The third-order valence-electron chi connectivity index (χ3n) is 3.49. The third kappa shape index (κ3) is 3.04. The van der Waals surface area contributed by atoms with Gasteiger partial charge in [0.15, 0.2) is 0 Å². The van der Waals surface area contributed by atoms with Crippen molar-refractivity contribution in [1.29, 1.82) is 0 Å². The molecule has 0 spiro atoms. The summed E-state index contributed by atoms with van der Waals surface area (Å²) >= 11 is 8.27. The number of hydrogen-bond acceptors (Lipinski definition) is 3. The maximum absolute atomic E-state index is 6.56. The van der Waals surface area contributed by atoms with Gasteiger partial charge in [0.2, 0.25) is 0 Å². The second kappa shape index (κ2) is 6.04. The number of ether oxygens (including phenoxy) is 1. The Hall–Kier alpha value is -1.58. The number of benzene rings is 2. The summed E-state index contributed by atoms with van der Waals surface area (Å²) in [6.07, 6.45) is 0.729. The van der Waals surface area contributed by atoms with Crippen LogP contribution in [0.5, 0.6) is 5.75 Å². The molecule has 3 aromatic rings. The van der Waals surface area contributed by atoms with Gasteiger partial charge in [-0.05, 0) is 36.2 Å². The molecule has 2 nitrogen and oxygen atoms in total. The molecule has 1 aromatic heterocycles. The zero-order valence-corrected chi connectivity index (χ0v) is 13.5. The van der Waals surface area contributed by atoms with Crippen molar-refractivity contribution in [2.75, 3.05) is 7.11 Å². The summed E-state index contributed by atoms with van der Waals surface area (Å²) in [7, 11) is 1.68. The van der Waals surface area contributed by atoms with E-state index in [0.717, 1.165) is 33.8 Å². The monoisotopic (exact) mass is 317 g/mol. The quantitative estimate of drug-likeness (QED) is 0.622. The third-order valence-corrected chi connectivity index (χ3v) is 4.95. The number of halogens is 1. The molecule has 108 valence electrons. The minimum atomic E-state index is -0.0972. The second-order valence-corrected chi connectivity index (χ2v) is 6.62. The van der Waals surface area contributed by atoms with E-state index in [-0.39, 0.29) is 5.38 Å². The molecule has 1 unspecified atom stereocenters. The normalized spacial score (nSPS) is 12.5.